The molecule has 0 fully saturated rings. The standard InChI is InChI=1S/C12H9N3O/c16-11-3-1-2-10-12(11)15-9-4-5-13-6-8(9)7-14-10/h1-4,6-7,13H,5H2. The molecule has 0 amide bonds. The number of hydrogen-bond acceptors (Lipinski definition) is 4. The summed E-state index contributed by atoms with van der Waals surface area (Å²) in [6.45, 7) is 0.729. The van der Waals surface area contributed by atoms with Gasteiger partial charge in [-0.1, -0.05) is 6.07 Å². The van der Waals surface area contributed by atoms with Crippen LogP contribution < -0.4 is 21.3 Å². The highest BCUT2D eigenvalue weighted by Crippen LogP contribution is 2.05. The monoisotopic (exact) mass is 211 g/mol. The molecule has 78 valence electrons. The maximum atomic E-state index is 11.7. The van der Waals surface area contributed by atoms with Gasteiger partial charge in [-0.25, -0.2) is 4.98 Å². The van der Waals surface area contributed by atoms with E-state index in [2.05, 4.69) is 15.3 Å². The predicted octanol–water partition coefficient (Wildman–Crippen LogP) is -0.937. The SMILES string of the molecule is O=c1cccc2ncc3c(nc1-2)=CCNC=3. The van der Waals surface area contributed by atoms with Crippen molar-refractivity contribution in [1.29, 1.82) is 0 Å². The molecule has 0 unspecified atom stereocenters. The second kappa shape index (κ2) is 3.41. The van der Waals surface area contributed by atoms with Crippen LogP contribution in [0.2, 0.25) is 0 Å². The van der Waals surface area contributed by atoms with E-state index in [-0.39, 0.29) is 5.43 Å². The number of nitrogens with one attached hydrogen (secondary N) is 1. The van der Waals surface area contributed by atoms with Crippen LogP contribution in [0.4, 0.5) is 0 Å². The van der Waals surface area contributed by atoms with Gasteiger partial charge in [0.1, 0.15) is 5.69 Å². The Morgan fingerprint density at radius 1 is 1.31 bits per heavy atom. The van der Waals surface area contributed by atoms with E-state index < -0.39 is 0 Å². The summed E-state index contributed by atoms with van der Waals surface area (Å²) < 4.78 is 0. The Balaban J connectivity index is 2.53. The van der Waals surface area contributed by atoms with Crippen molar-refractivity contribution in [3.63, 3.8) is 0 Å². The molecule has 0 saturated carbocycles. The van der Waals surface area contributed by atoms with Gasteiger partial charge in [0, 0.05) is 24.2 Å². The van der Waals surface area contributed by atoms with Crippen LogP contribution in [0.3, 0.4) is 0 Å². The number of hydrogen-bond donors (Lipinski definition) is 1. The summed E-state index contributed by atoms with van der Waals surface area (Å²) >= 11 is 0. The lowest BCUT2D eigenvalue weighted by atomic mass is 10.2. The van der Waals surface area contributed by atoms with E-state index in [1.165, 1.54) is 6.07 Å². The molecule has 0 atom stereocenters. The molecule has 3 aliphatic rings. The van der Waals surface area contributed by atoms with Gasteiger partial charge in [0.2, 0.25) is 5.43 Å². The van der Waals surface area contributed by atoms with Crippen LogP contribution in [0, 0.1) is 0 Å². The van der Waals surface area contributed by atoms with Gasteiger partial charge >= 0.3 is 0 Å². The summed E-state index contributed by atoms with van der Waals surface area (Å²) in [5.41, 5.74) is 0.967. The Bertz CT molecular complexity index is 694. The van der Waals surface area contributed by atoms with Crippen LogP contribution in [0.1, 0.15) is 0 Å². The van der Waals surface area contributed by atoms with Gasteiger partial charge in [-0.2, -0.15) is 0 Å². The largest absolute Gasteiger partial charge is 0.387 e. The fourth-order valence-corrected chi connectivity index (χ4v) is 1.72. The van der Waals surface area contributed by atoms with E-state index in [4.69, 9.17) is 0 Å². The fourth-order valence-electron chi connectivity index (χ4n) is 1.72. The number of nitrogens with zero attached hydrogens (tertiary/aromatic N) is 2. The van der Waals surface area contributed by atoms with E-state index in [0.29, 0.717) is 11.4 Å². The first-order valence-electron chi connectivity index (χ1n) is 5.04. The van der Waals surface area contributed by atoms with Gasteiger partial charge in [-0.3, -0.25) is 9.78 Å². The normalized spacial score (nSPS) is 13.2. The lowest BCUT2D eigenvalue weighted by molar-refractivity contribution is 1.03. The van der Waals surface area contributed by atoms with Gasteiger partial charge in [0.25, 0.3) is 0 Å². The zero-order chi connectivity index (χ0) is 11.0. The molecule has 2 aliphatic heterocycles. The van der Waals surface area contributed by atoms with Gasteiger partial charge in [0.05, 0.1) is 11.0 Å². The summed E-state index contributed by atoms with van der Waals surface area (Å²) in [6, 6.07) is 5.00. The van der Waals surface area contributed by atoms with E-state index in [1.54, 1.807) is 18.3 Å². The molecule has 0 bridgehead atoms. The van der Waals surface area contributed by atoms with Gasteiger partial charge < -0.3 is 5.32 Å². The smallest absolute Gasteiger partial charge is 0.206 e. The second-order valence-corrected chi connectivity index (χ2v) is 3.59. The predicted molar refractivity (Wildman–Crippen MR) is 61.1 cm³/mol. The third kappa shape index (κ3) is 1.35. The van der Waals surface area contributed by atoms with Crippen molar-refractivity contribution in [2.24, 2.45) is 0 Å². The van der Waals surface area contributed by atoms with Crippen molar-refractivity contribution in [3.05, 3.63) is 45.2 Å². The molecule has 2 heterocycles. The highest BCUT2D eigenvalue weighted by Gasteiger charge is 2.06. The van der Waals surface area contributed by atoms with Crippen LogP contribution >= 0.6 is 0 Å². The average Bonchev–Trinajstić information content (AvgIpc) is 2.50. The Morgan fingerprint density at radius 2 is 2.25 bits per heavy atom. The van der Waals surface area contributed by atoms with Gasteiger partial charge in [-0.15, -0.1) is 0 Å². The van der Waals surface area contributed by atoms with Gasteiger partial charge in [0.15, 0.2) is 0 Å². The van der Waals surface area contributed by atoms with Crippen LogP contribution in [-0.4, -0.2) is 16.5 Å². The molecule has 1 aliphatic carbocycles. The number of benzene rings is 1. The third-order valence-corrected chi connectivity index (χ3v) is 2.52. The average molecular weight is 211 g/mol. The van der Waals surface area contributed by atoms with Crippen molar-refractivity contribution < 1.29 is 0 Å². The molecule has 4 heteroatoms. The van der Waals surface area contributed by atoms with Crippen molar-refractivity contribution in [3.8, 4) is 11.4 Å². The number of rotatable bonds is 0. The lowest BCUT2D eigenvalue weighted by Gasteiger charge is -1.98. The molecule has 0 spiro atoms. The molecule has 0 aromatic carbocycles. The van der Waals surface area contributed by atoms with Crippen molar-refractivity contribution >= 4 is 12.3 Å². The van der Waals surface area contributed by atoms with E-state index in [9.17, 15) is 4.79 Å². The van der Waals surface area contributed by atoms with Crippen molar-refractivity contribution in [1.82, 2.24) is 15.3 Å². The van der Waals surface area contributed by atoms with Crippen molar-refractivity contribution in [2.45, 2.75) is 0 Å². The molecule has 0 saturated heterocycles. The minimum absolute atomic E-state index is 0.0877. The first-order chi connectivity index (χ1) is 7.84. The zero-order valence-corrected chi connectivity index (χ0v) is 8.47. The molecule has 3 rings (SSSR count). The van der Waals surface area contributed by atoms with Crippen LogP contribution in [0.5, 0.6) is 0 Å². The Hall–Kier alpha value is -2.23. The second-order valence-electron chi connectivity index (χ2n) is 3.59. The van der Waals surface area contributed by atoms with Gasteiger partial charge in [-0.05, 0) is 18.2 Å². The van der Waals surface area contributed by atoms with Crippen LogP contribution in [-0.2, 0) is 0 Å². The molecule has 16 heavy (non-hydrogen) atoms. The summed E-state index contributed by atoms with van der Waals surface area (Å²) in [6.07, 6.45) is 5.54. The lowest BCUT2D eigenvalue weighted by Crippen LogP contribution is -2.34. The summed E-state index contributed by atoms with van der Waals surface area (Å²) in [5, 5.41) is 4.80. The maximum absolute atomic E-state index is 11.7. The molecular formula is C12H9N3O. The minimum Gasteiger partial charge on any atom is -0.387 e. The van der Waals surface area contributed by atoms with E-state index in [0.717, 1.165) is 17.1 Å². The Labute approximate surface area is 91.3 Å². The van der Waals surface area contributed by atoms with Crippen LogP contribution in [0.25, 0.3) is 23.7 Å². The summed E-state index contributed by atoms with van der Waals surface area (Å²) in [4.78, 5) is 20.3. The quantitative estimate of drug-likeness (QED) is 0.611. The molecule has 0 aromatic heterocycles. The highest BCUT2D eigenvalue weighted by molar-refractivity contribution is 5.54. The first-order valence-corrected chi connectivity index (χ1v) is 5.04. The molecule has 0 radical (unpaired) electrons. The highest BCUT2D eigenvalue weighted by atomic mass is 16.1. The summed E-state index contributed by atoms with van der Waals surface area (Å²) in [5.74, 6) is 0. The first kappa shape index (κ1) is 9.03. The molecular weight excluding hydrogens is 202 g/mol. The number of fused-ring (bicyclic) bond motifs is 2. The zero-order valence-electron chi connectivity index (χ0n) is 8.47. The Kier molecular flexibility index (Phi) is 1.93. The molecule has 1 N–H and O–H groups in total. The fraction of sp³-hybridized carbons (Fsp3) is 0.0833. The summed E-state index contributed by atoms with van der Waals surface area (Å²) in [7, 11) is 0. The van der Waals surface area contributed by atoms with E-state index >= 15 is 0 Å². The van der Waals surface area contributed by atoms with E-state index in [1.807, 2.05) is 12.3 Å². The number of para-hydroxylation sites is 1. The number of aromatic nitrogens is 2. The molecule has 4 nitrogen and oxygen atoms in total. The maximum Gasteiger partial charge on any atom is 0.206 e. The minimum atomic E-state index is -0.0877. The third-order valence-electron chi connectivity index (χ3n) is 2.52. The van der Waals surface area contributed by atoms with Crippen LogP contribution in [0.15, 0.2) is 29.2 Å². The topological polar surface area (TPSA) is 54.9 Å². The van der Waals surface area contributed by atoms with Crippen molar-refractivity contribution in [2.75, 3.05) is 6.54 Å². The Morgan fingerprint density at radius 3 is 3.19 bits per heavy atom. The molecule has 0 aromatic rings.